The summed E-state index contributed by atoms with van der Waals surface area (Å²) < 4.78 is 0.904. The van der Waals surface area contributed by atoms with E-state index in [1.54, 1.807) is 36.4 Å². The van der Waals surface area contributed by atoms with Crippen LogP contribution >= 0.6 is 0 Å². The summed E-state index contributed by atoms with van der Waals surface area (Å²) in [7, 11) is 4.33. The summed E-state index contributed by atoms with van der Waals surface area (Å²) in [6, 6.07) is 12.4. The van der Waals surface area contributed by atoms with Gasteiger partial charge in [-0.1, -0.05) is 12.1 Å². The smallest absolute Gasteiger partial charge is 0.254 e. The molecule has 0 saturated carbocycles. The molecule has 2 aliphatic heterocycles. The predicted molar refractivity (Wildman–Crippen MR) is 115 cm³/mol. The number of hydrogen-bond donors (Lipinski definition) is 2. The normalized spacial score (nSPS) is 17.3. The topological polar surface area (TPSA) is 85.8 Å². The molecule has 0 bridgehead atoms. The lowest BCUT2D eigenvalue weighted by atomic mass is 10.0. The Kier molecular flexibility index (Phi) is 5.38. The third kappa shape index (κ3) is 3.63. The van der Waals surface area contributed by atoms with E-state index < -0.39 is 0 Å². The van der Waals surface area contributed by atoms with Crippen LogP contribution in [-0.4, -0.2) is 77.1 Å². The second-order valence-corrected chi connectivity index (χ2v) is 8.59. The summed E-state index contributed by atoms with van der Waals surface area (Å²) in [5, 5.41) is 11.2. The number of aromatic amines is 1. The number of likely N-dealkylation sites (N-methyl/N-ethyl adjacent to an activating group) is 1. The second-order valence-electron chi connectivity index (χ2n) is 8.59. The quantitative estimate of drug-likeness (QED) is 0.354. The zero-order valence-corrected chi connectivity index (χ0v) is 19.5. The lowest BCUT2D eigenvalue weighted by molar-refractivity contribution is -0.894. The number of H-pyrrole nitrogens is 1. The Balaban J connectivity index is 0.00000231. The number of para-hydroxylation sites is 1. The van der Waals surface area contributed by atoms with Gasteiger partial charge in [-0.05, 0) is 30.3 Å². The van der Waals surface area contributed by atoms with Crippen molar-refractivity contribution in [3.63, 3.8) is 0 Å². The molecule has 5 rings (SSSR count). The highest BCUT2D eigenvalue weighted by Crippen LogP contribution is 2.35. The van der Waals surface area contributed by atoms with Crippen molar-refractivity contribution in [2.24, 2.45) is 4.99 Å². The number of aromatic hydroxyl groups is 1. The Morgan fingerprint density at radius 2 is 1.84 bits per heavy atom. The van der Waals surface area contributed by atoms with Gasteiger partial charge in [-0.3, -0.25) is 9.59 Å². The summed E-state index contributed by atoms with van der Waals surface area (Å²) in [5.74, 6) is -0.382. The SMILES string of the molecule is C[N+]1(C)CCN(C(=O)c2ccc3[nH]c(O)c(C4=Nc5ccccc5C4=O)c3c2)CC1.[I-]. The number of benzene rings is 2. The number of carbonyl (C=O) groups is 2. The van der Waals surface area contributed by atoms with E-state index in [2.05, 4.69) is 24.1 Å². The Hall–Kier alpha value is -2.72. The summed E-state index contributed by atoms with van der Waals surface area (Å²) in [4.78, 5) is 35.2. The molecular weight excluding hydrogens is 507 g/mol. The van der Waals surface area contributed by atoms with Gasteiger partial charge >= 0.3 is 0 Å². The maximum absolute atomic E-state index is 13.1. The lowest BCUT2D eigenvalue weighted by Crippen LogP contribution is -3.00. The van der Waals surface area contributed by atoms with Crippen molar-refractivity contribution in [2.75, 3.05) is 40.3 Å². The second kappa shape index (κ2) is 7.76. The van der Waals surface area contributed by atoms with Gasteiger partial charge in [-0.15, -0.1) is 0 Å². The summed E-state index contributed by atoms with van der Waals surface area (Å²) >= 11 is 0. The van der Waals surface area contributed by atoms with Crippen LogP contribution in [-0.2, 0) is 0 Å². The Bertz CT molecular complexity index is 1230. The molecule has 8 heteroatoms. The van der Waals surface area contributed by atoms with E-state index in [0.717, 1.165) is 17.6 Å². The first-order valence-corrected chi connectivity index (χ1v) is 10.0. The summed E-state index contributed by atoms with van der Waals surface area (Å²) in [5.41, 5.74) is 2.84. The van der Waals surface area contributed by atoms with Crippen LogP contribution in [0.25, 0.3) is 10.9 Å². The zero-order valence-electron chi connectivity index (χ0n) is 17.4. The van der Waals surface area contributed by atoms with Gasteiger partial charge in [0.2, 0.25) is 5.78 Å². The highest BCUT2D eigenvalue weighted by Gasteiger charge is 2.31. The fourth-order valence-electron chi connectivity index (χ4n) is 4.17. The number of aromatic nitrogens is 1. The monoisotopic (exact) mass is 530 g/mol. The average Bonchev–Trinajstić information content (AvgIpc) is 3.23. The highest BCUT2D eigenvalue weighted by atomic mass is 127. The molecule has 0 atom stereocenters. The zero-order chi connectivity index (χ0) is 21.0. The minimum atomic E-state index is -0.227. The van der Waals surface area contributed by atoms with Crippen LogP contribution in [0, 0.1) is 0 Å². The minimum absolute atomic E-state index is 0. The van der Waals surface area contributed by atoms with Gasteiger partial charge in [0, 0.05) is 22.0 Å². The molecule has 3 heterocycles. The molecule has 1 amide bonds. The highest BCUT2D eigenvalue weighted by molar-refractivity contribution is 6.56. The lowest BCUT2D eigenvalue weighted by Gasteiger charge is -2.39. The van der Waals surface area contributed by atoms with Crippen molar-refractivity contribution in [1.29, 1.82) is 0 Å². The van der Waals surface area contributed by atoms with Crippen LogP contribution in [0.1, 0.15) is 26.3 Å². The van der Waals surface area contributed by atoms with Crippen molar-refractivity contribution in [1.82, 2.24) is 9.88 Å². The summed E-state index contributed by atoms with van der Waals surface area (Å²) in [6.07, 6.45) is 0. The molecule has 1 aromatic heterocycles. The maximum atomic E-state index is 13.1. The van der Waals surface area contributed by atoms with E-state index in [1.807, 2.05) is 11.0 Å². The number of rotatable bonds is 2. The molecular formula is C23H23IN4O3. The van der Waals surface area contributed by atoms with Crippen molar-refractivity contribution < 1.29 is 43.2 Å². The molecule has 2 N–H and O–H groups in total. The average molecular weight is 530 g/mol. The molecule has 2 aliphatic rings. The van der Waals surface area contributed by atoms with Crippen molar-refractivity contribution in [2.45, 2.75) is 0 Å². The van der Waals surface area contributed by atoms with E-state index in [-0.39, 0.29) is 47.3 Å². The van der Waals surface area contributed by atoms with Crippen LogP contribution in [0.4, 0.5) is 5.69 Å². The van der Waals surface area contributed by atoms with Gasteiger partial charge in [-0.2, -0.15) is 0 Å². The number of halogens is 1. The number of aliphatic imine (C=N–C) groups is 1. The molecule has 7 nitrogen and oxygen atoms in total. The first-order chi connectivity index (χ1) is 14.3. The van der Waals surface area contributed by atoms with E-state index in [0.29, 0.717) is 46.4 Å². The van der Waals surface area contributed by atoms with E-state index in [1.165, 1.54) is 0 Å². The number of nitrogens with zero attached hydrogens (tertiary/aromatic N) is 3. The van der Waals surface area contributed by atoms with Gasteiger partial charge in [0.25, 0.3) is 5.91 Å². The molecule has 0 radical (unpaired) electrons. The van der Waals surface area contributed by atoms with Gasteiger partial charge in [-0.25, -0.2) is 4.99 Å². The Morgan fingerprint density at radius 3 is 2.55 bits per heavy atom. The number of quaternary nitrogens is 1. The van der Waals surface area contributed by atoms with Crippen LogP contribution in [0.15, 0.2) is 47.5 Å². The van der Waals surface area contributed by atoms with Gasteiger partial charge in [0.05, 0.1) is 51.5 Å². The number of hydrogen-bond acceptors (Lipinski definition) is 4. The molecule has 2 aromatic carbocycles. The van der Waals surface area contributed by atoms with Crippen molar-refractivity contribution in [3.05, 3.63) is 59.2 Å². The predicted octanol–water partition coefficient (Wildman–Crippen LogP) is -0.273. The van der Waals surface area contributed by atoms with Crippen molar-refractivity contribution >= 4 is 34.0 Å². The van der Waals surface area contributed by atoms with Gasteiger partial charge < -0.3 is 43.5 Å². The first kappa shape index (κ1) is 21.5. The van der Waals surface area contributed by atoms with Gasteiger partial charge in [0.15, 0.2) is 5.88 Å². The number of fused-ring (bicyclic) bond motifs is 2. The number of nitrogens with one attached hydrogen (secondary N) is 1. The van der Waals surface area contributed by atoms with Crippen LogP contribution < -0.4 is 24.0 Å². The molecule has 31 heavy (non-hydrogen) atoms. The number of ketones is 1. The molecule has 0 unspecified atom stereocenters. The molecule has 1 saturated heterocycles. The molecule has 0 spiro atoms. The van der Waals surface area contributed by atoms with Crippen LogP contribution in [0.5, 0.6) is 5.88 Å². The summed E-state index contributed by atoms with van der Waals surface area (Å²) in [6.45, 7) is 3.23. The standard InChI is InChI=1S/C23H22N4O3.HI/c1-27(2)11-9-26(10-12-27)23(30)14-7-8-18-16(13-14)19(22(29)25-18)20-21(28)15-5-3-4-6-17(15)24-20;/h3-8,13H,9-12H2,1-2H3,(H-,24,25,28,29,30);1H. The number of carbonyl (C=O) groups excluding carboxylic acids is 2. The molecule has 1 fully saturated rings. The third-order valence-corrected chi connectivity index (χ3v) is 6.10. The Morgan fingerprint density at radius 1 is 1.13 bits per heavy atom. The third-order valence-electron chi connectivity index (χ3n) is 6.10. The fourth-order valence-corrected chi connectivity index (χ4v) is 4.17. The minimum Gasteiger partial charge on any atom is -1.00 e. The Labute approximate surface area is 197 Å². The molecule has 3 aromatic rings. The van der Waals surface area contributed by atoms with Crippen molar-refractivity contribution in [3.8, 4) is 5.88 Å². The maximum Gasteiger partial charge on any atom is 0.254 e. The number of piperazine rings is 1. The largest absolute Gasteiger partial charge is 1.00 e. The molecule has 0 aliphatic carbocycles. The number of amides is 1. The molecule has 160 valence electrons. The van der Waals surface area contributed by atoms with Crippen LogP contribution in [0.3, 0.4) is 0 Å². The van der Waals surface area contributed by atoms with Crippen LogP contribution in [0.2, 0.25) is 0 Å². The fraction of sp³-hybridized carbons (Fsp3) is 0.261. The van der Waals surface area contributed by atoms with E-state index in [9.17, 15) is 14.7 Å². The van der Waals surface area contributed by atoms with E-state index >= 15 is 0 Å². The number of Topliss-reactive ketones (excluding diaryl/α,β-unsaturated/α-hetero) is 1. The van der Waals surface area contributed by atoms with E-state index in [4.69, 9.17) is 0 Å². The first-order valence-electron chi connectivity index (χ1n) is 10.0. The van der Waals surface area contributed by atoms with Gasteiger partial charge in [0.1, 0.15) is 5.71 Å².